The molecular formula is C31H47NO4. The van der Waals surface area contributed by atoms with Gasteiger partial charge in [-0.05, 0) is 101 Å². The summed E-state index contributed by atoms with van der Waals surface area (Å²) in [4.78, 5) is 14.2. The number of likely N-dealkylation sites (N-methyl/N-ethyl adjacent to an activating group) is 1. The zero-order valence-electron chi connectivity index (χ0n) is 22.7. The standard InChI is InChI=1S/C14H20O3.C11H15NO.C5H8.CH4/c1-6-10-7-8-11(16-5)12(9-10)17-13(15)14(2,3)4;1-12-6-5-9-7-11(13-2)4-3-10(9)8-12;1-5-3-2-4-5;/h7-9H,6H2,1-5H3;3-4,7H,5-6,8H2,1-2H3;1-4H2;1H4. The molecule has 5 heteroatoms. The Morgan fingerprint density at radius 2 is 1.64 bits per heavy atom. The number of methoxy groups -OCH3 is 2. The van der Waals surface area contributed by atoms with Gasteiger partial charge < -0.3 is 19.1 Å². The van der Waals surface area contributed by atoms with Gasteiger partial charge in [-0.15, -0.1) is 0 Å². The second-order valence-electron chi connectivity index (χ2n) is 10.2. The molecule has 2 aliphatic rings. The van der Waals surface area contributed by atoms with Crippen LogP contribution in [0.1, 0.15) is 71.1 Å². The number of carbonyl (C=O) groups excluding carboxylic acids is 1. The van der Waals surface area contributed by atoms with Gasteiger partial charge in [0.25, 0.3) is 0 Å². The molecule has 0 unspecified atom stereocenters. The van der Waals surface area contributed by atoms with E-state index in [0.29, 0.717) is 11.5 Å². The number of nitrogens with zero attached hydrogens (tertiary/aromatic N) is 1. The number of aryl methyl sites for hydroxylation is 1. The minimum atomic E-state index is -0.521. The van der Waals surface area contributed by atoms with Gasteiger partial charge in [-0.25, -0.2) is 0 Å². The van der Waals surface area contributed by atoms with E-state index in [0.717, 1.165) is 37.2 Å². The number of rotatable bonds is 4. The van der Waals surface area contributed by atoms with Crippen LogP contribution in [-0.4, -0.2) is 38.7 Å². The molecule has 1 aliphatic carbocycles. The molecule has 2 aromatic carbocycles. The van der Waals surface area contributed by atoms with Crippen LogP contribution in [0, 0.1) is 5.41 Å². The lowest BCUT2D eigenvalue weighted by molar-refractivity contribution is -0.143. The van der Waals surface area contributed by atoms with Crippen LogP contribution in [-0.2, 0) is 24.2 Å². The summed E-state index contributed by atoms with van der Waals surface area (Å²) in [5.41, 5.74) is 4.91. The van der Waals surface area contributed by atoms with Crippen LogP contribution in [0.25, 0.3) is 0 Å². The lowest BCUT2D eigenvalue weighted by Crippen LogP contribution is -2.26. The molecule has 1 heterocycles. The smallest absolute Gasteiger partial charge is 0.316 e. The van der Waals surface area contributed by atoms with E-state index in [1.165, 1.54) is 36.0 Å². The van der Waals surface area contributed by atoms with Crippen LogP contribution in [0.5, 0.6) is 17.2 Å². The first kappa shape index (κ1) is 31.2. The first-order valence-electron chi connectivity index (χ1n) is 12.5. The number of allylic oxidation sites excluding steroid dienone is 1. The minimum absolute atomic E-state index is 0. The number of ether oxygens (including phenoxy) is 3. The Labute approximate surface area is 219 Å². The van der Waals surface area contributed by atoms with E-state index in [9.17, 15) is 4.79 Å². The maximum atomic E-state index is 11.8. The fourth-order valence-electron chi connectivity index (χ4n) is 3.50. The third-order valence-electron chi connectivity index (χ3n) is 6.13. The Bertz CT molecular complexity index is 985. The van der Waals surface area contributed by atoms with Gasteiger partial charge in [0.05, 0.1) is 19.6 Å². The SMILES string of the molecule is C.C=C1CCC1.CCc1ccc(OC)c(OC(=O)C(C)(C)C)c1.COc1ccc2c(c1)CCN(C)C2. The molecule has 1 fully saturated rings. The normalized spacial score (nSPS) is 14.4. The first-order chi connectivity index (χ1) is 16.6. The van der Waals surface area contributed by atoms with Crippen LogP contribution in [0.15, 0.2) is 48.6 Å². The summed E-state index contributed by atoms with van der Waals surface area (Å²) < 4.78 is 15.8. The van der Waals surface area contributed by atoms with E-state index in [4.69, 9.17) is 14.2 Å². The topological polar surface area (TPSA) is 48.0 Å². The summed E-state index contributed by atoms with van der Waals surface area (Å²) in [6.07, 6.45) is 6.01. The van der Waals surface area contributed by atoms with Gasteiger partial charge in [-0.3, -0.25) is 4.79 Å². The zero-order valence-corrected chi connectivity index (χ0v) is 22.7. The molecule has 0 saturated heterocycles. The molecule has 0 bridgehead atoms. The lowest BCUT2D eigenvalue weighted by Gasteiger charge is -2.25. The monoisotopic (exact) mass is 497 g/mol. The van der Waals surface area contributed by atoms with Crippen LogP contribution in [0.3, 0.4) is 0 Å². The van der Waals surface area contributed by atoms with E-state index < -0.39 is 5.41 Å². The minimum Gasteiger partial charge on any atom is -0.497 e. The number of esters is 1. The number of carbonyl (C=O) groups is 1. The van der Waals surface area contributed by atoms with Crippen molar-refractivity contribution in [2.75, 3.05) is 27.8 Å². The summed E-state index contributed by atoms with van der Waals surface area (Å²) in [6.45, 7) is 13.5. The Balaban J connectivity index is 0.000000300. The molecule has 0 radical (unpaired) electrons. The van der Waals surface area contributed by atoms with Crippen molar-refractivity contribution in [3.63, 3.8) is 0 Å². The predicted octanol–water partition coefficient (Wildman–Crippen LogP) is 7.25. The van der Waals surface area contributed by atoms with Crippen molar-refractivity contribution in [3.05, 3.63) is 65.2 Å². The van der Waals surface area contributed by atoms with Crippen molar-refractivity contribution in [3.8, 4) is 17.2 Å². The molecule has 0 atom stereocenters. The molecule has 200 valence electrons. The van der Waals surface area contributed by atoms with Crippen LogP contribution < -0.4 is 14.2 Å². The molecule has 5 nitrogen and oxygen atoms in total. The maximum absolute atomic E-state index is 11.8. The molecule has 4 rings (SSSR count). The predicted molar refractivity (Wildman–Crippen MR) is 150 cm³/mol. The van der Waals surface area contributed by atoms with Crippen LogP contribution in [0.4, 0.5) is 0 Å². The summed E-state index contributed by atoms with van der Waals surface area (Å²) in [5.74, 6) is 1.79. The van der Waals surface area contributed by atoms with Gasteiger partial charge in [-0.1, -0.05) is 38.6 Å². The summed E-state index contributed by atoms with van der Waals surface area (Å²) in [6, 6.07) is 12.0. The molecule has 1 saturated carbocycles. The Morgan fingerprint density at radius 3 is 2.14 bits per heavy atom. The largest absolute Gasteiger partial charge is 0.497 e. The highest BCUT2D eigenvalue weighted by atomic mass is 16.6. The number of fused-ring (bicyclic) bond motifs is 1. The first-order valence-corrected chi connectivity index (χ1v) is 12.5. The van der Waals surface area contributed by atoms with Crippen molar-refractivity contribution in [1.29, 1.82) is 0 Å². The molecule has 0 N–H and O–H groups in total. The summed E-state index contributed by atoms with van der Waals surface area (Å²) in [5, 5.41) is 0. The van der Waals surface area contributed by atoms with Crippen LogP contribution in [0.2, 0.25) is 0 Å². The van der Waals surface area contributed by atoms with Gasteiger partial charge in [0.15, 0.2) is 11.5 Å². The number of hydrogen-bond donors (Lipinski definition) is 0. The highest BCUT2D eigenvalue weighted by molar-refractivity contribution is 5.78. The van der Waals surface area contributed by atoms with E-state index in [2.05, 4.69) is 37.6 Å². The quantitative estimate of drug-likeness (QED) is 0.253. The van der Waals surface area contributed by atoms with E-state index >= 15 is 0 Å². The maximum Gasteiger partial charge on any atom is 0.316 e. The zero-order chi connectivity index (χ0) is 26.0. The third-order valence-corrected chi connectivity index (χ3v) is 6.13. The highest BCUT2D eigenvalue weighted by Crippen LogP contribution is 2.30. The van der Waals surface area contributed by atoms with Gasteiger partial charge in [0.1, 0.15) is 5.75 Å². The Hall–Kier alpha value is -2.79. The van der Waals surface area contributed by atoms with Crippen molar-refractivity contribution in [2.45, 2.75) is 73.8 Å². The third kappa shape index (κ3) is 9.69. The van der Waals surface area contributed by atoms with Gasteiger partial charge in [0, 0.05) is 13.1 Å². The molecule has 36 heavy (non-hydrogen) atoms. The van der Waals surface area contributed by atoms with E-state index in [1.54, 1.807) is 14.2 Å². The van der Waals surface area contributed by atoms with Crippen LogP contribution >= 0.6 is 0 Å². The molecule has 0 spiro atoms. The Morgan fingerprint density at radius 1 is 0.972 bits per heavy atom. The number of benzene rings is 2. The molecular weight excluding hydrogens is 450 g/mol. The fourth-order valence-corrected chi connectivity index (χ4v) is 3.50. The second kappa shape index (κ2) is 14.7. The summed E-state index contributed by atoms with van der Waals surface area (Å²) in [7, 11) is 5.44. The van der Waals surface area contributed by atoms with Crippen molar-refractivity contribution in [2.24, 2.45) is 5.41 Å². The average molecular weight is 498 g/mol. The van der Waals surface area contributed by atoms with Crippen molar-refractivity contribution >= 4 is 5.97 Å². The lowest BCUT2D eigenvalue weighted by atomic mass is 9.95. The molecule has 2 aromatic rings. The molecule has 0 aromatic heterocycles. The average Bonchev–Trinajstić information content (AvgIpc) is 2.82. The Kier molecular flexibility index (Phi) is 12.8. The van der Waals surface area contributed by atoms with Gasteiger partial charge in [-0.2, -0.15) is 0 Å². The fraction of sp³-hybridized carbons (Fsp3) is 0.516. The van der Waals surface area contributed by atoms with Crippen molar-refractivity contribution in [1.82, 2.24) is 4.90 Å². The molecule has 1 aliphatic heterocycles. The highest BCUT2D eigenvalue weighted by Gasteiger charge is 2.25. The van der Waals surface area contributed by atoms with E-state index in [-0.39, 0.29) is 13.4 Å². The number of hydrogen-bond acceptors (Lipinski definition) is 5. The van der Waals surface area contributed by atoms with Crippen molar-refractivity contribution < 1.29 is 19.0 Å². The van der Waals surface area contributed by atoms with E-state index in [1.807, 2.05) is 45.0 Å². The van der Waals surface area contributed by atoms with Gasteiger partial charge in [0.2, 0.25) is 0 Å². The molecule has 0 amide bonds. The summed E-state index contributed by atoms with van der Waals surface area (Å²) >= 11 is 0. The second-order valence-corrected chi connectivity index (χ2v) is 10.2. The van der Waals surface area contributed by atoms with Gasteiger partial charge >= 0.3 is 5.97 Å².